The van der Waals surface area contributed by atoms with Crippen molar-refractivity contribution in [3.63, 3.8) is 0 Å². The average molecular weight is 546 g/mol. The lowest BCUT2D eigenvalue weighted by molar-refractivity contribution is 0.0562. The molecule has 2 aromatic heterocycles. The molecule has 1 aliphatic heterocycles. The summed E-state index contributed by atoms with van der Waals surface area (Å²) in [5, 5.41) is 5.06. The largest absolute Gasteiger partial charge is 0.480 e. The van der Waals surface area contributed by atoms with Crippen LogP contribution in [0.25, 0.3) is 0 Å². The van der Waals surface area contributed by atoms with Gasteiger partial charge in [0.2, 0.25) is 5.88 Å². The number of fused-ring (bicyclic) bond motifs is 1. The van der Waals surface area contributed by atoms with Crippen molar-refractivity contribution < 1.29 is 32.2 Å². The Labute approximate surface area is 221 Å². The van der Waals surface area contributed by atoms with Crippen molar-refractivity contribution in [2.75, 3.05) is 12.4 Å². The number of imidazole rings is 1. The molecule has 0 spiro atoms. The topological polar surface area (TPSA) is 133 Å². The van der Waals surface area contributed by atoms with Gasteiger partial charge in [-0.05, 0) is 45.9 Å². The minimum Gasteiger partial charge on any atom is -0.480 e. The van der Waals surface area contributed by atoms with Crippen molar-refractivity contribution in [2.45, 2.75) is 51.8 Å². The number of nitrogens with zero attached hydrogens (tertiary/aromatic N) is 5. The number of amidine groups is 1. The Morgan fingerprint density at radius 3 is 2.46 bits per heavy atom. The van der Waals surface area contributed by atoms with Crippen LogP contribution < -0.4 is 15.4 Å². The first-order valence-corrected chi connectivity index (χ1v) is 11.7. The summed E-state index contributed by atoms with van der Waals surface area (Å²) in [6, 6.07) is 3.78. The second kappa shape index (κ2) is 10.3. The van der Waals surface area contributed by atoms with Gasteiger partial charge in [0.1, 0.15) is 28.3 Å². The molecular weight excluding hydrogens is 519 g/mol. The molecule has 206 valence electrons. The van der Waals surface area contributed by atoms with Gasteiger partial charge >= 0.3 is 6.09 Å². The number of amides is 2. The molecule has 0 saturated heterocycles. The smallest absolute Gasteiger partial charge is 0.413 e. The van der Waals surface area contributed by atoms with E-state index in [0.717, 1.165) is 12.3 Å². The number of halogens is 3. The number of benzene rings is 1. The molecule has 39 heavy (non-hydrogen) atoms. The Kier molecular flexibility index (Phi) is 7.31. The molecule has 0 radical (unpaired) electrons. The number of alkyl halides is 2. The average Bonchev–Trinajstić information content (AvgIpc) is 3.28. The van der Waals surface area contributed by atoms with Gasteiger partial charge in [-0.25, -0.2) is 32.9 Å². The molecule has 0 fully saturated rings. The van der Waals surface area contributed by atoms with Crippen molar-refractivity contribution in [3.05, 3.63) is 65.4 Å². The van der Waals surface area contributed by atoms with Crippen LogP contribution in [0.15, 0.2) is 41.8 Å². The fraction of sp³-hybridized carbons (Fsp3) is 0.360. The highest BCUT2D eigenvalue weighted by Crippen LogP contribution is 2.37. The molecule has 1 aromatic carbocycles. The van der Waals surface area contributed by atoms with Crippen LogP contribution in [0, 0.1) is 5.82 Å². The number of aliphatic imine (C=N–C) groups is 1. The van der Waals surface area contributed by atoms with Crippen molar-refractivity contribution in [1.82, 2.24) is 24.8 Å². The molecule has 11 nitrogen and oxygen atoms in total. The highest BCUT2D eigenvalue weighted by molar-refractivity contribution is 6.05. The fourth-order valence-electron chi connectivity index (χ4n) is 3.94. The Hall–Kier alpha value is -4.49. The first-order chi connectivity index (χ1) is 18.3. The molecule has 14 heteroatoms. The highest BCUT2D eigenvalue weighted by atomic mass is 19.3. The van der Waals surface area contributed by atoms with E-state index in [1.165, 1.54) is 43.1 Å². The fourth-order valence-corrected chi connectivity index (χ4v) is 3.94. The van der Waals surface area contributed by atoms with E-state index in [9.17, 15) is 18.4 Å². The van der Waals surface area contributed by atoms with Crippen LogP contribution in [0.1, 0.15) is 61.7 Å². The van der Waals surface area contributed by atoms with Crippen molar-refractivity contribution >= 4 is 23.5 Å². The maximum absolute atomic E-state index is 15.2. The van der Waals surface area contributed by atoms with E-state index < -0.39 is 41.1 Å². The van der Waals surface area contributed by atoms with Crippen molar-refractivity contribution in [2.24, 2.45) is 4.99 Å². The first kappa shape index (κ1) is 27.5. The lowest BCUT2D eigenvalue weighted by Crippen LogP contribution is -2.44. The molecule has 4 rings (SSSR count). The molecule has 1 unspecified atom stereocenters. The number of anilines is 1. The van der Waals surface area contributed by atoms with Crippen LogP contribution in [0.4, 0.5) is 23.7 Å². The van der Waals surface area contributed by atoms with Gasteiger partial charge in [-0.1, -0.05) is 0 Å². The van der Waals surface area contributed by atoms with E-state index in [-0.39, 0.29) is 41.0 Å². The van der Waals surface area contributed by atoms with Gasteiger partial charge in [-0.3, -0.25) is 15.1 Å². The Balaban J connectivity index is 1.70. The third-order valence-electron chi connectivity index (χ3n) is 5.64. The lowest BCUT2D eigenvalue weighted by Gasteiger charge is -2.33. The molecule has 2 amide bonds. The van der Waals surface area contributed by atoms with E-state index in [1.54, 1.807) is 20.8 Å². The molecule has 1 aliphatic rings. The third kappa shape index (κ3) is 5.99. The molecule has 0 aliphatic carbocycles. The van der Waals surface area contributed by atoms with Gasteiger partial charge in [0.25, 0.3) is 12.3 Å². The predicted molar refractivity (Wildman–Crippen MR) is 133 cm³/mol. The summed E-state index contributed by atoms with van der Waals surface area (Å²) in [6.45, 7) is 6.26. The normalized spacial score (nSPS) is 16.8. The number of rotatable bonds is 5. The van der Waals surface area contributed by atoms with Crippen LogP contribution in [0.3, 0.4) is 0 Å². The predicted octanol–water partition coefficient (Wildman–Crippen LogP) is 4.21. The van der Waals surface area contributed by atoms with Crippen molar-refractivity contribution in [1.29, 1.82) is 0 Å². The molecule has 1 atom stereocenters. The summed E-state index contributed by atoms with van der Waals surface area (Å²) in [5.74, 6) is -1.31. The zero-order valence-corrected chi connectivity index (χ0v) is 21.8. The number of carbonyl (C=O) groups excluding carboxylic acids is 2. The van der Waals surface area contributed by atoms with Crippen LogP contribution in [0.2, 0.25) is 0 Å². The maximum Gasteiger partial charge on any atom is 0.413 e. The zero-order chi connectivity index (χ0) is 28.5. The summed E-state index contributed by atoms with van der Waals surface area (Å²) < 4.78 is 54.2. The molecule has 0 saturated carbocycles. The van der Waals surface area contributed by atoms with Crippen LogP contribution in [-0.2, 0) is 16.8 Å². The molecule has 3 heterocycles. The lowest BCUT2D eigenvalue weighted by atomic mass is 9.90. The van der Waals surface area contributed by atoms with Crippen LogP contribution in [0.5, 0.6) is 5.88 Å². The Bertz CT molecular complexity index is 1430. The first-order valence-electron chi connectivity index (χ1n) is 11.7. The van der Waals surface area contributed by atoms with Gasteiger partial charge in [0.05, 0.1) is 32.2 Å². The number of methoxy groups -OCH3 is 1. The van der Waals surface area contributed by atoms with Gasteiger partial charge in [0, 0.05) is 11.3 Å². The van der Waals surface area contributed by atoms with Crippen LogP contribution >= 0.6 is 0 Å². The van der Waals surface area contributed by atoms with Gasteiger partial charge in [-0.2, -0.15) is 0 Å². The van der Waals surface area contributed by atoms with Crippen LogP contribution in [-0.4, -0.2) is 50.1 Å². The third-order valence-corrected chi connectivity index (χ3v) is 5.64. The maximum atomic E-state index is 15.2. The number of carbonyl (C=O) groups is 2. The number of hydrogen-bond donors (Lipinski definition) is 2. The monoisotopic (exact) mass is 545 g/mol. The molecule has 0 bridgehead atoms. The summed E-state index contributed by atoms with van der Waals surface area (Å²) in [6.07, 6.45) is -0.323. The zero-order valence-electron chi connectivity index (χ0n) is 21.8. The molecule has 3 aromatic rings. The Morgan fingerprint density at radius 2 is 1.85 bits per heavy atom. The molecule has 2 N–H and O–H groups in total. The number of alkyl carbamates (subject to hydrolysis) is 1. The number of ether oxygens (including phenoxy) is 2. The van der Waals surface area contributed by atoms with E-state index in [1.807, 2.05) is 0 Å². The van der Waals surface area contributed by atoms with Gasteiger partial charge in [-0.15, -0.1) is 0 Å². The van der Waals surface area contributed by atoms with E-state index >= 15 is 4.39 Å². The SMILES string of the molecule is COc1cnc(C(=O)Nc2ccc(F)c(C3(C)Cn4c(C(F)F)cnc4C(NC(=O)OC(C)(C)C)=N3)c2)cn1. The highest BCUT2D eigenvalue weighted by Gasteiger charge is 2.39. The summed E-state index contributed by atoms with van der Waals surface area (Å²) >= 11 is 0. The van der Waals surface area contributed by atoms with Gasteiger partial charge < -0.3 is 19.4 Å². The van der Waals surface area contributed by atoms with E-state index in [0.29, 0.717) is 0 Å². The Morgan fingerprint density at radius 1 is 1.10 bits per heavy atom. The number of hydrogen-bond acceptors (Lipinski definition) is 8. The van der Waals surface area contributed by atoms with Crippen molar-refractivity contribution in [3.8, 4) is 5.88 Å². The molecular formula is C25H26F3N7O4. The van der Waals surface area contributed by atoms with E-state index in [2.05, 4.69) is 30.6 Å². The minimum atomic E-state index is -2.89. The second-order valence-corrected chi connectivity index (χ2v) is 9.85. The number of aromatic nitrogens is 4. The second-order valence-electron chi connectivity index (χ2n) is 9.85. The minimum absolute atomic E-state index is 0.0166. The van der Waals surface area contributed by atoms with E-state index in [4.69, 9.17) is 9.47 Å². The standard InChI is InChI=1S/C25H26F3N7O4/c1-24(2,3)39-23(37)33-20-21-31-10-17(19(27)28)35(21)12-25(4,34-20)14-8-13(6-7-15(14)26)32-22(36)16-9-30-18(38-5)11-29-16/h6-11,19H,12H2,1-5H3,(H,32,36)(H,33,34,37). The summed E-state index contributed by atoms with van der Waals surface area (Å²) in [5.41, 5.74) is -2.62. The quantitative estimate of drug-likeness (QED) is 0.491. The summed E-state index contributed by atoms with van der Waals surface area (Å²) in [4.78, 5) is 41.6. The van der Waals surface area contributed by atoms with Gasteiger partial charge in [0.15, 0.2) is 11.7 Å². The number of nitrogens with one attached hydrogen (secondary N) is 2. The summed E-state index contributed by atoms with van der Waals surface area (Å²) in [7, 11) is 1.41.